The molecule has 0 saturated heterocycles. The van der Waals surface area contributed by atoms with Crippen LogP contribution >= 0.6 is 0 Å². The maximum atomic E-state index is 8.56. The Hall–Kier alpha value is -1.06. The van der Waals surface area contributed by atoms with Crippen LogP contribution in [0.4, 0.5) is 5.69 Å². The summed E-state index contributed by atoms with van der Waals surface area (Å²) in [5.74, 6) is 0. The number of rotatable bonds is 3. The summed E-state index contributed by atoms with van der Waals surface area (Å²) in [5.41, 5.74) is 3.96. The summed E-state index contributed by atoms with van der Waals surface area (Å²) in [6, 6.07) is 7.58. The Morgan fingerprint density at radius 1 is 1.31 bits per heavy atom. The van der Waals surface area contributed by atoms with Gasteiger partial charge in [0.1, 0.15) is 0 Å². The molecule has 1 aromatic carbocycles. The van der Waals surface area contributed by atoms with Gasteiger partial charge in [0.25, 0.3) is 0 Å². The monoisotopic (exact) mass is 182 g/mol. The van der Waals surface area contributed by atoms with Gasteiger partial charge in [0, 0.05) is 6.54 Å². The third-order valence-corrected chi connectivity index (χ3v) is 1.44. The van der Waals surface area contributed by atoms with Crippen molar-refractivity contribution in [1.29, 1.82) is 0 Å². The minimum atomic E-state index is 0.720. The molecule has 3 heteroatoms. The maximum absolute atomic E-state index is 8.56. The summed E-state index contributed by atoms with van der Waals surface area (Å²) in [7, 11) is 1.89. The van der Waals surface area contributed by atoms with Crippen molar-refractivity contribution >= 4 is 5.69 Å². The smallest absolute Gasteiger partial charge is 0.0605 e. The minimum Gasteiger partial charge on any atom is -0.316 e. The van der Waals surface area contributed by atoms with Crippen LogP contribution in [0.15, 0.2) is 24.3 Å². The molecule has 0 atom stereocenters. The molecular formula is C10H18N2O. The summed E-state index contributed by atoms with van der Waals surface area (Å²) in [6.45, 7) is 4.81. The van der Waals surface area contributed by atoms with Gasteiger partial charge in [0.05, 0.1) is 5.69 Å². The van der Waals surface area contributed by atoms with Gasteiger partial charge in [-0.05, 0) is 24.7 Å². The fraction of sp³-hybridized carbons (Fsp3) is 0.400. The van der Waals surface area contributed by atoms with E-state index in [-0.39, 0.29) is 0 Å². The number of nitrogens with one attached hydrogen (secondary N) is 2. The van der Waals surface area contributed by atoms with Crippen LogP contribution in [0, 0.1) is 0 Å². The summed E-state index contributed by atoms with van der Waals surface area (Å²) in [5, 5.41) is 11.6. The fourth-order valence-corrected chi connectivity index (χ4v) is 0.955. The molecule has 0 unspecified atom stereocenters. The summed E-state index contributed by atoms with van der Waals surface area (Å²) in [4.78, 5) is 0. The van der Waals surface area contributed by atoms with Crippen LogP contribution in [-0.2, 0) is 6.54 Å². The molecule has 0 aliphatic rings. The van der Waals surface area contributed by atoms with Crippen molar-refractivity contribution in [3.63, 3.8) is 0 Å². The van der Waals surface area contributed by atoms with Crippen LogP contribution in [0.1, 0.15) is 19.4 Å². The van der Waals surface area contributed by atoms with E-state index in [9.17, 15) is 0 Å². The molecule has 0 bridgehead atoms. The Bertz CT molecular complexity index is 226. The Labute approximate surface area is 79.7 Å². The molecule has 0 amide bonds. The van der Waals surface area contributed by atoms with Gasteiger partial charge in [0.15, 0.2) is 0 Å². The van der Waals surface area contributed by atoms with E-state index in [0.29, 0.717) is 0 Å². The van der Waals surface area contributed by atoms with Crippen molar-refractivity contribution in [1.82, 2.24) is 5.32 Å². The molecule has 74 valence electrons. The second kappa shape index (κ2) is 7.58. The normalized spacial score (nSPS) is 8.62. The standard InChI is InChI=1S/C8H12N2O.C2H6/c1-9-6-7-3-2-4-8(5-7)10-11;1-2/h2-5,9-11H,6H2,1H3;1-2H3. The molecule has 1 aromatic rings. The molecule has 0 spiro atoms. The largest absolute Gasteiger partial charge is 0.316 e. The average Bonchev–Trinajstić information content (AvgIpc) is 2.22. The van der Waals surface area contributed by atoms with Crippen LogP contribution in [0.3, 0.4) is 0 Å². The van der Waals surface area contributed by atoms with Crippen molar-refractivity contribution in [3.05, 3.63) is 29.8 Å². The molecule has 3 nitrogen and oxygen atoms in total. The molecule has 0 aliphatic heterocycles. The van der Waals surface area contributed by atoms with Gasteiger partial charge in [-0.25, -0.2) is 0 Å². The zero-order valence-electron chi connectivity index (χ0n) is 8.46. The van der Waals surface area contributed by atoms with Gasteiger partial charge in [0.2, 0.25) is 0 Å². The van der Waals surface area contributed by atoms with E-state index in [0.717, 1.165) is 17.8 Å². The second-order valence-electron chi connectivity index (χ2n) is 2.34. The van der Waals surface area contributed by atoms with Gasteiger partial charge in [-0.2, -0.15) is 0 Å². The van der Waals surface area contributed by atoms with Gasteiger partial charge >= 0.3 is 0 Å². The first kappa shape index (κ1) is 11.9. The Morgan fingerprint density at radius 2 is 2.00 bits per heavy atom. The van der Waals surface area contributed by atoms with Crippen molar-refractivity contribution in [3.8, 4) is 0 Å². The van der Waals surface area contributed by atoms with Crippen molar-refractivity contribution in [2.75, 3.05) is 12.5 Å². The summed E-state index contributed by atoms with van der Waals surface area (Å²) >= 11 is 0. The predicted molar refractivity (Wildman–Crippen MR) is 56.0 cm³/mol. The van der Waals surface area contributed by atoms with E-state index >= 15 is 0 Å². The van der Waals surface area contributed by atoms with E-state index < -0.39 is 0 Å². The van der Waals surface area contributed by atoms with Crippen LogP contribution in [0.2, 0.25) is 0 Å². The number of benzene rings is 1. The highest BCUT2D eigenvalue weighted by atomic mass is 16.5. The van der Waals surface area contributed by atoms with E-state index in [1.807, 2.05) is 39.1 Å². The first-order chi connectivity index (χ1) is 6.36. The van der Waals surface area contributed by atoms with E-state index in [1.165, 1.54) is 0 Å². The molecule has 0 radical (unpaired) electrons. The molecule has 0 heterocycles. The van der Waals surface area contributed by atoms with Crippen molar-refractivity contribution < 1.29 is 5.21 Å². The first-order valence-electron chi connectivity index (χ1n) is 4.50. The predicted octanol–water partition coefficient (Wildman–Crippen LogP) is 2.23. The van der Waals surface area contributed by atoms with Crippen LogP contribution in [0.25, 0.3) is 0 Å². The Kier molecular flexibility index (Phi) is 6.96. The van der Waals surface area contributed by atoms with Gasteiger partial charge in [-0.1, -0.05) is 26.0 Å². The Morgan fingerprint density at radius 3 is 2.54 bits per heavy atom. The zero-order chi connectivity index (χ0) is 10.1. The minimum absolute atomic E-state index is 0.720. The van der Waals surface area contributed by atoms with Crippen LogP contribution in [0.5, 0.6) is 0 Å². The molecule has 0 aromatic heterocycles. The summed E-state index contributed by atoms with van der Waals surface area (Å²) in [6.07, 6.45) is 0. The zero-order valence-corrected chi connectivity index (χ0v) is 8.46. The highest BCUT2D eigenvalue weighted by Gasteiger charge is 1.91. The molecule has 3 N–H and O–H groups in total. The highest BCUT2D eigenvalue weighted by Crippen LogP contribution is 2.08. The van der Waals surface area contributed by atoms with Crippen molar-refractivity contribution in [2.24, 2.45) is 0 Å². The average molecular weight is 182 g/mol. The fourth-order valence-electron chi connectivity index (χ4n) is 0.955. The van der Waals surface area contributed by atoms with Crippen molar-refractivity contribution in [2.45, 2.75) is 20.4 Å². The van der Waals surface area contributed by atoms with Gasteiger partial charge < -0.3 is 5.32 Å². The number of hydrogen-bond acceptors (Lipinski definition) is 3. The molecule has 0 aliphatic carbocycles. The maximum Gasteiger partial charge on any atom is 0.0605 e. The topological polar surface area (TPSA) is 44.3 Å². The molecule has 0 saturated carbocycles. The quantitative estimate of drug-likeness (QED) is 0.628. The highest BCUT2D eigenvalue weighted by molar-refractivity contribution is 5.43. The lowest BCUT2D eigenvalue weighted by Crippen LogP contribution is -2.05. The lowest BCUT2D eigenvalue weighted by Gasteiger charge is -2.02. The van der Waals surface area contributed by atoms with E-state index in [2.05, 4.69) is 10.8 Å². The van der Waals surface area contributed by atoms with E-state index in [1.54, 1.807) is 6.07 Å². The lowest BCUT2D eigenvalue weighted by atomic mass is 10.2. The molecule has 13 heavy (non-hydrogen) atoms. The number of anilines is 1. The third kappa shape index (κ3) is 4.50. The molecular weight excluding hydrogens is 164 g/mol. The van der Waals surface area contributed by atoms with Gasteiger partial charge in [-0.3, -0.25) is 10.7 Å². The second-order valence-corrected chi connectivity index (χ2v) is 2.34. The van der Waals surface area contributed by atoms with Gasteiger partial charge in [-0.15, -0.1) is 0 Å². The molecule has 1 rings (SSSR count). The van der Waals surface area contributed by atoms with Crippen LogP contribution < -0.4 is 10.8 Å². The lowest BCUT2D eigenvalue weighted by molar-refractivity contribution is 0.389. The SMILES string of the molecule is CC.CNCc1cccc(NO)c1. The summed E-state index contributed by atoms with van der Waals surface area (Å²) < 4.78 is 0. The Balaban J connectivity index is 0.000000671. The first-order valence-corrected chi connectivity index (χ1v) is 4.50. The van der Waals surface area contributed by atoms with Crippen LogP contribution in [-0.4, -0.2) is 12.3 Å². The number of hydrogen-bond donors (Lipinski definition) is 3. The van der Waals surface area contributed by atoms with E-state index in [4.69, 9.17) is 5.21 Å². The molecule has 0 fully saturated rings. The third-order valence-electron chi connectivity index (χ3n) is 1.44.